The zero-order chi connectivity index (χ0) is 21.6. The first-order valence-corrected chi connectivity index (χ1v) is 9.83. The van der Waals surface area contributed by atoms with Crippen LogP contribution in [0.15, 0.2) is 30.3 Å². The third-order valence-corrected chi connectivity index (χ3v) is 5.75. The Bertz CT molecular complexity index is 1120. The first kappa shape index (κ1) is 20.3. The molecule has 2 aromatic heterocycles. The van der Waals surface area contributed by atoms with Gasteiger partial charge in [0.2, 0.25) is 5.88 Å². The van der Waals surface area contributed by atoms with Gasteiger partial charge in [0.1, 0.15) is 18.2 Å². The third-order valence-electron chi connectivity index (χ3n) is 5.75. The van der Waals surface area contributed by atoms with Crippen molar-refractivity contribution in [2.45, 2.75) is 51.8 Å². The number of hydrogen-bond acceptors (Lipinski definition) is 4. The van der Waals surface area contributed by atoms with E-state index in [1.165, 1.54) is 22.7 Å². The molecule has 0 radical (unpaired) electrons. The predicted octanol–water partition coefficient (Wildman–Crippen LogP) is 3.42. The molecule has 1 saturated carbocycles. The van der Waals surface area contributed by atoms with Crippen molar-refractivity contribution in [2.75, 3.05) is 0 Å². The second kappa shape index (κ2) is 7.36. The minimum Gasteiger partial charge on any atom is -0.473 e. The van der Waals surface area contributed by atoms with E-state index in [0.29, 0.717) is 22.7 Å². The summed E-state index contributed by atoms with van der Waals surface area (Å²) in [6.07, 6.45) is 1.69. The number of fused-ring (bicyclic) bond motifs is 1. The molecular formula is C22H24F2N4O2. The number of nitrogens with two attached hydrogens (primary N) is 1. The number of nitrogens with one attached hydrogen (secondary N) is 1. The molecule has 0 saturated heterocycles. The number of halogens is 2. The van der Waals surface area contributed by atoms with Gasteiger partial charge in [-0.3, -0.25) is 4.79 Å². The van der Waals surface area contributed by atoms with Crippen molar-refractivity contribution in [1.82, 2.24) is 14.9 Å². The summed E-state index contributed by atoms with van der Waals surface area (Å²) in [5, 5.41) is 7.43. The Morgan fingerprint density at radius 1 is 1.33 bits per heavy atom. The second-order valence-electron chi connectivity index (χ2n) is 8.19. The Balaban J connectivity index is 1.66. The fourth-order valence-corrected chi connectivity index (χ4v) is 3.77. The van der Waals surface area contributed by atoms with E-state index >= 15 is 0 Å². The lowest BCUT2D eigenvalue weighted by atomic mass is 9.74. The molecule has 1 aromatic carbocycles. The maximum absolute atomic E-state index is 13.9. The van der Waals surface area contributed by atoms with Gasteiger partial charge in [-0.15, -0.1) is 0 Å². The quantitative estimate of drug-likeness (QED) is 0.670. The van der Waals surface area contributed by atoms with E-state index < -0.39 is 17.2 Å². The molecule has 158 valence electrons. The zero-order valence-electron chi connectivity index (χ0n) is 17.1. The van der Waals surface area contributed by atoms with Crippen molar-refractivity contribution in [3.05, 3.63) is 64.4 Å². The van der Waals surface area contributed by atoms with Gasteiger partial charge < -0.3 is 15.8 Å². The molecule has 1 amide bonds. The highest BCUT2D eigenvalue weighted by Crippen LogP contribution is 2.30. The number of aromatic nitrogens is 2. The first-order chi connectivity index (χ1) is 14.2. The summed E-state index contributed by atoms with van der Waals surface area (Å²) in [5.41, 5.74) is 7.94. The van der Waals surface area contributed by atoms with Crippen LogP contribution in [0.3, 0.4) is 0 Å². The highest BCUT2D eigenvalue weighted by Gasteiger charge is 2.40. The maximum atomic E-state index is 13.9. The van der Waals surface area contributed by atoms with Gasteiger partial charge in [0.15, 0.2) is 0 Å². The summed E-state index contributed by atoms with van der Waals surface area (Å²) in [4.78, 5) is 13.0. The Hall–Kier alpha value is -3.00. The Morgan fingerprint density at radius 2 is 2.03 bits per heavy atom. The molecule has 0 aliphatic heterocycles. The Labute approximate surface area is 173 Å². The summed E-state index contributed by atoms with van der Waals surface area (Å²) in [6, 6.07) is 7.11. The normalized spacial score (nSPS) is 20.8. The molecular weight excluding hydrogens is 390 g/mol. The van der Waals surface area contributed by atoms with Crippen molar-refractivity contribution in [1.29, 1.82) is 0 Å². The molecule has 2 unspecified atom stereocenters. The molecule has 3 N–H and O–H groups in total. The van der Waals surface area contributed by atoms with Gasteiger partial charge in [-0.1, -0.05) is 6.07 Å². The first-order valence-electron chi connectivity index (χ1n) is 9.83. The number of carbonyl (C=O) groups excluding carboxylic acids is 1. The van der Waals surface area contributed by atoms with Gasteiger partial charge in [-0.2, -0.15) is 9.61 Å². The summed E-state index contributed by atoms with van der Waals surface area (Å²) in [6.45, 7) is 5.21. The molecule has 2 atom stereocenters. The molecule has 1 aliphatic carbocycles. The second-order valence-corrected chi connectivity index (χ2v) is 8.19. The smallest absolute Gasteiger partial charge is 0.255 e. The van der Waals surface area contributed by atoms with Gasteiger partial charge in [0.05, 0.1) is 22.3 Å². The molecule has 4 rings (SSSR count). The minimum absolute atomic E-state index is 0.0936. The van der Waals surface area contributed by atoms with Crippen molar-refractivity contribution in [2.24, 2.45) is 5.73 Å². The minimum atomic E-state index is -0.680. The number of hydrogen-bond donors (Lipinski definition) is 2. The fraction of sp³-hybridized carbons (Fsp3) is 0.364. The number of pyridine rings is 1. The number of amides is 1. The van der Waals surface area contributed by atoms with E-state index in [2.05, 4.69) is 10.4 Å². The summed E-state index contributed by atoms with van der Waals surface area (Å²) >= 11 is 0. The molecule has 30 heavy (non-hydrogen) atoms. The highest BCUT2D eigenvalue weighted by molar-refractivity contribution is 6.02. The number of nitrogens with zero attached hydrogens (tertiary/aromatic N) is 2. The van der Waals surface area contributed by atoms with Crippen LogP contribution in [-0.2, 0) is 6.61 Å². The molecule has 6 nitrogen and oxygen atoms in total. The lowest BCUT2D eigenvalue weighted by Crippen LogP contribution is -2.63. The van der Waals surface area contributed by atoms with Crippen LogP contribution in [0.2, 0.25) is 0 Å². The SMILES string of the molecule is Cc1cc(OCc2c(F)cccc2F)n2nc(C)c(C(=O)NC3CCC3(C)N)c2c1. The number of carbonyl (C=O) groups is 1. The van der Waals surface area contributed by atoms with E-state index in [1.807, 2.05) is 19.9 Å². The summed E-state index contributed by atoms with van der Waals surface area (Å²) < 4.78 is 35.1. The lowest BCUT2D eigenvalue weighted by molar-refractivity contribution is 0.0857. The largest absolute Gasteiger partial charge is 0.473 e. The van der Waals surface area contributed by atoms with Crippen LogP contribution in [-0.4, -0.2) is 27.1 Å². The molecule has 8 heteroatoms. The average molecular weight is 414 g/mol. The Morgan fingerprint density at radius 3 is 2.63 bits per heavy atom. The lowest BCUT2D eigenvalue weighted by Gasteiger charge is -2.44. The maximum Gasteiger partial charge on any atom is 0.255 e. The summed E-state index contributed by atoms with van der Waals surface area (Å²) in [7, 11) is 0. The van der Waals surface area contributed by atoms with Gasteiger partial charge in [0.25, 0.3) is 5.91 Å². The van der Waals surface area contributed by atoms with Crippen molar-refractivity contribution >= 4 is 11.4 Å². The molecule has 1 fully saturated rings. The van der Waals surface area contributed by atoms with Crippen LogP contribution in [0, 0.1) is 25.5 Å². The number of rotatable bonds is 5. The van der Waals surface area contributed by atoms with Crippen LogP contribution in [0.5, 0.6) is 5.88 Å². The topological polar surface area (TPSA) is 81.7 Å². The van der Waals surface area contributed by atoms with Gasteiger partial charge in [-0.25, -0.2) is 8.78 Å². The van der Waals surface area contributed by atoms with Crippen LogP contribution in [0.4, 0.5) is 8.78 Å². The van der Waals surface area contributed by atoms with Crippen molar-refractivity contribution in [3.63, 3.8) is 0 Å². The van der Waals surface area contributed by atoms with Crippen molar-refractivity contribution < 1.29 is 18.3 Å². The molecule has 2 heterocycles. The van der Waals surface area contributed by atoms with Gasteiger partial charge >= 0.3 is 0 Å². The van der Waals surface area contributed by atoms with Gasteiger partial charge in [-0.05, 0) is 57.4 Å². The van der Waals surface area contributed by atoms with Crippen LogP contribution < -0.4 is 15.8 Å². The van der Waals surface area contributed by atoms with E-state index in [-0.39, 0.29) is 24.1 Å². The molecule has 3 aromatic rings. The molecule has 0 spiro atoms. The van der Waals surface area contributed by atoms with Crippen LogP contribution >= 0.6 is 0 Å². The van der Waals surface area contributed by atoms with Gasteiger partial charge in [0, 0.05) is 17.6 Å². The summed E-state index contributed by atoms with van der Waals surface area (Å²) in [5.74, 6) is -1.32. The standard InChI is InChI=1S/C22H24F2N4O2/c1-12-9-17-20(21(29)26-18-7-8-22(18,3)25)13(2)27-28(17)19(10-12)30-11-14-15(23)5-4-6-16(14)24/h4-6,9-10,18H,7-8,11,25H2,1-3H3,(H,26,29). The van der Waals surface area contributed by atoms with Crippen molar-refractivity contribution in [3.8, 4) is 5.88 Å². The molecule has 1 aliphatic rings. The Kier molecular flexibility index (Phi) is 4.97. The van der Waals surface area contributed by atoms with Crippen LogP contribution in [0.1, 0.15) is 46.9 Å². The highest BCUT2D eigenvalue weighted by atomic mass is 19.1. The average Bonchev–Trinajstić information content (AvgIpc) is 3.00. The predicted molar refractivity (Wildman–Crippen MR) is 108 cm³/mol. The van der Waals surface area contributed by atoms with Crippen LogP contribution in [0.25, 0.3) is 5.52 Å². The third kappa shape index (κ3) is 3.52. The fourth-order valence-electron chi connectivity index (χ4n) is 3.77. The monoisotopic (exact) mass is 414 g/mol. The number of ether oxygens (including phenoxy) is 1. The van der Waals surface area contributed by atoms with E-state index in [1.54, 1.807) is 13.0 Å². The number of benzene rings is 1. The van der Waals surface area contributed by atoms with E-state index in [9.17, 15) is 13.6 Å². The van der Waals surface area contributed by atoms with E-state index in [4.69, 9.17) is 10.5 Å². The molecule has 0 bridgehead atoms. The number of aryl methyl sites for hydroxylation is 2. The van der Waals surface area contributed by atoms with E-state index in [0.717, 1.165) is 18.4 Å². The zero-order valence-corrected chi connectivity index (χ0v) is 17.1.